The van der Waals surface area contributed by atoms with Gasteiger partial charge in [0.1, 0.15) is 11.6 Å². The van der Waals surface area contributed by atoms with E-state index in [1.165, 1.54) is 0 Å². The van der Waals surface area contributed by atoms with Gasteiger partial charge in [-0.25, -0.2) is 4.39 Å². The Labute approximate surface area is 102 Å². The van der Waals surface area contributed by atoms with Crippen molar-refractivity contribution >= 4 is 0 Å². The molecule has 7 heteroatoms. The van der Waals surface area contributed by atoms with Gasteiger partial charge in [0.15, 0.2) is 0 Å². The number of hydrogen-bond donors (Lipinski definition) is 2. The lowest BCUT2D eigenvalue weighted by Crippen LogP contribution is -2.18. The largest absolute Gasteiger partial charge is 0.573 e. The molecule has 102 valence electrons. The molecule has 1 rings (SSSR count). The Morgan fingerprint density at radius 3 is 2.50 bits per heavy atom. The second-order valence-electron chi connectivity index (χ2n) is 3.77. The van der Waals surface area contributed by atoms with Crippen molar-refractivity contribution in [2.45, 2.75) is 25.2 Å². The van der Waals surface area contributed by atoms with Gasteiger partial charge < -0.3 is 16.2 Å². The molecular formula is C11H14F4N2O. The molecule has 0 aliphatic rings. The number of hydrogen-bond acceptors (Lipinski definition) is 3. The SMILES string of the molecule is NCCC[C@H](N)c1cc(OC(F)(F)F)ccc1F. The molecule has 0 saturated heterocycles. The first-order valence-corrected chi connectivity index (χ1v) is 5.34. The van der Waals surface area contributed by atoms with Crippen LogP contribution in [0.25, 0.3) is 0 Å². The van der Waals surface area contributed by atoms with Crippen molar-refractivity contribution in [1.82, 2.24) is 0 Å². The summed E-state index contributed by atoms with van der Waals surface area (Å²) in [5.74, 6) is -1.14. The zero-order valence-electron chi connectivity index (χ0n) is 9.51. The molecule has 0 bridgehead atoms. The van der Waals surface area contributed by atoms with E-state index < -0.39 is 24.0 Å². The van der Waals surface area contributed by atoms with Gasteiger partial charge in [0.05, 0.1) is 0 Å². The molecule has 18 heavy (non-hydrogen) atoms. The highest BCUT2D eigenvalue weighted by atomic mass is 19.4. The Hall–Kier alpha value is -1.34. The maximum absolute atomic E-state index is 13.4. The molecule has 0 amide bonds. The van der Waals surface area contributed by atoms with Crippen molar-refractivity contribution in [1.29, 1.82) is 0 Å². The van der Waals surface area contributed by atoms with Gasteiger partial charge in [-0.3, -0.25) is 0 Å². The minimum atomic E-state index is -4.81. The molecule has 1 aromatic rings. The fourth-order valence-electron chi connectivity index (χ4n) is 1.50. The Morgan fingerprint density at radius 1 is 1.28 bits per heavy atom. The Balaban J connectivity index is 2.87. The molecule has 3 nitrogen and oxygen atoms in total. The van der Waals surface area contributed by atoms with Gasteiger partial charge in [0.2, 0.25) is 0 Å². The second-order valence-corrected chi connectivity index (χ2v) is 3.77. The predicted molar refractivity (Wildman–Crippen MR) is 58.3 cm³/mol. The number of ether oxygens (including phenoxy) is 1. The molecule has 0 heterocycles. The summed E-state index contributed by atoms with van der Waals surface area (Å²) in [6, 6.07) is 2.07. The fourth-order valence-corrected chi connectivity index (χ4v) is 1.50. The van der Waals surface area contributed by atoms with Gasteiger partial charge in [-0.2, -0.15) is 0 Å². The van der Waals surface area contributed by atoms with Gasteiger partial charge in [0, 0.05) is 11.6 Å². The van der Waals surface area contributed by atoms with E-state index in [0.29, 0.717) is 19.4 Å². The molecule has 0 radical (unpaired) electrons. The third kappa shape index (κ3) is 4.50. The predicted octanol–water partition coefficient (Wildman–Crippen LogP) is 2.46. The van der Waals surface area contributed by atoms with E-state index in [4.69, 9.17) is 11.5 Å². The standard InChI is InChI=1S/C11H14F4N2O/c12-9-4-3-7(18-11(13,14)15)6-8(9)10(17)2-1-5-16/h3-4,6,10H,1-2,5,16-17H2/t10-/m0/s1. The van der Waals surface area contributed by atoms with E-state index >= 15 is 0 Å². The van der Waals surface area contributed by atoms with Crippen molar-refractivity contribution in [2.75, 3.05) is 6.54 Å². The first-order chi connectivity index (χ1) is 8.33. The highest BCUT2D eigenvalue weighted by Gasteiger charge is 2.31. The average Bonchev–Trinajstić information content (AvgIpc) is 2.26. The minimum Gasteiger partial charge on any atom is -0.406 e. The van der Waals surface area contributed by atoms with Gasteiger partial charge in [-0.1, -0.05) is 0 Å². The van der Waals surface area contributed by atoms with Crippen LogP contribution in [0.15, 0.2) is 18.2 Å². The number of nitrogens with two attached hydrogens (primary N) is 2. The summed E-state index contributed by atoms with van der Waals surface area (Å²) < 4.78 is 53.2. The fraction of sp³-hybridized carbons (Fsp3) is 0.455. The van der Waals surface area contributed by atoms with Crippen LogP contribution in [0.2, 0.25) is 0 Å². The summed E-state index contributed by atoms with van der Waals surface area (Å²) in [7, 11) is 0. The summed E-state index contributed by atoms with van der Waals surface area (Å²) >= 11 is 0. The highest BCUT2D eigenvalue weighted by Crippen LogP contribution is 2.28. The first-order valence-electron chi connectivity index (χ1n) is 5.34. The average molecular weight is 266 g/mol. The number of benzene rings is 1. The van der Waals surface area contributed by atoms with E-state index in [1.807, 2.05) is 0 Å². The lowest BCUT2D eigenvalue weighted by Gasteiger charge is -2.15. The van der Waals surface area contributed by atoms with Crippen LogP contribution in [0.3, 0.4) is 0 Å². The van der Waals surface area contributed by atoms with Crippen molar-refractivity contribution in [3.63, 3.8) is 0 Å². The molecule has 4 N–H and O–H groups in total. The number of halogens is 4. The molecule has 0 aliphatic heterocycles. The molecule has 0 saturated carbocycles. The lowest BCUT2D eigenvalue weighted by molar-refractivity contribution is -0.274. The van der Waals surface area contributed by atoms with Crippen molar-refractivity contribution in [3.8, 4) is 5.75 Å². The van der Waals surface area contributed by atoms with Crippen molar-refractivity contribution in [2.24, 2.45) is 11.5 Å². The van der Waals surface area contributed by atoms with Crippen LogP contribution in [0.5, 0.6) is 5.75 Å². The molecule has 0 aromatic heterocycles. The van der Waals surface area contributed by atoms with Crippen LogP contribution in [-0.2, 0) is 0 Å². The lowest BCUT2D eigenvalue weighted by atomic mass is 10.0. The van der Waals surface area contributed by atoms with Crippen LogP contribution in [-0.4, -0.2) is 12.9 Å². The van der Waals surface area contributed by atoms with E-state index in [2.05, 4.69) is 4.74 Å². The van der Waals surface area contributed by atoms with Crippen LogP contribution >= 0.6 is 0 Å². The maximum atomic E-state index is 13.4. The van der Waals surface area contributed by atoms with Gasteiger partial charge in [-0.15, -0.1) is 13.2 Å². The molecule has 0 unspecified atom stereocenters. The Bertz CT molecular complexity index is 395. The summed E-state index contributed by atoms with van der Waals surface area (Å²) in [4.78, 5) is 0. The normalized spacial score (nSPS) is 13.4. The molecular weight excluding hydrogens is 252 g/mol. The molecule has 0 spiro atoms. The summed E-state index contributed by atoms with van der Waals surface area (Å²) in [6.45, 7) is 0.383. The third-order valence-electron chi connectivity index (χ3n) is 2.32. The third-order valence-corrected chi connectivity index (χ3v) is 2.32. The van der Waals surface area contributed by atoms with Gasteiger partial charge in [0.25, 0.3) is 0 Å². The summed E-state index contributed by atoms with van der Waals surface area (Å²) in [6.07, 6.45) is -3.86. The Morgan fingerprint density at radius 2 is 1.94 bits per heavy atom. The summed E-state index contributed by atoms with van der Waals surface area (Å²) in [5.41, 5.74) is 11.0. The quantitative estimate of drug-likeness (QED) is 0.805. The van der Waals surface area contributed by atoms with Crippen LogP contribution in [0.1, 0.15) is 24.4 Å². The van der Waals surface area contributed by atoms with Gasteiger partial charge >= 0.3 is 6.36 Å². The van der Waals surface area contributed by atoms with Crippen molar-refractivity contribution < 1.29 is 22.3 Å². The van der Waals surface area contributed by atoms with E-state index in [0.717, 1.165) is 18.2 Å². The molecule has 0 fully saturated rings. The van der Waals surface area contributed by atoms with E-state index in [-0.39, 0.29) is 5.56 Å². The van der Waals surface area contributed by atoms with Crippen molar-refractivity contribution in [3.05, 3.63) is 29.6 Å². The van der Waals surface area contributed by atoms with Crippen LogP contribution in [0.4, 0.5) is 17.6 Å². The van der Waals surface area contributed by atoms with E-state index in [9.17, 15) is 17.6 Å². The molecule has 0 aliphatic carbocycles. The Kier molecular flexibility index (Phi) is 4.92. The summed E-state index contributed by atoms with van der Waals surface area (Å²) in [5, 5.41) is 0. The minimum absolute atomic E-state index is 0.00907. The maximum Gasteiger partial charge on any atom is 0.573 e. The molecule has 1 aromatic carbocycles. The zero-order chi connectivity index (χ0) is 13.8. The van der Waals surface area contributed by atoms with E-state index in [1.54, 1.807) is 0 Å². The van der Waals surface area contributed by atoms with Gasteiger partial charge in [-0.05, 0) is 37.6 Å². The van der Waals surface area contributed by atoms with Crippen LogP contribution < -0.4 is 16.2 Å². The first kappa shape index (κ1) is 14.7. The molecule has 1 atom stereocenters. The number of alkyl halides is 3. The smallest absolute Gasteiger partial charge is 0.406 e. The number of rotatable bonds is 5. The van der Waals surface area contributed by atoms with Crippen LogP contribution in [0, 0.1) is 5.82 Å². The monoisotopic (exact) mass is 266 g/mol. The zero-order valence-corrected chi connectivity index (χ0v) is 9.51. The topological polar surface area (TPSA) is 61.3 Å². The highest BCUT2D eigenvalue weighted by molar-refractivity contribution is 5.32. The second kappa shape index (κ2) is 6.01.